The third-order valence-electron chi connectivity index (χ3n) is 5.64. The minimum atomic E-state index is -0.320. The van der Waals surface area contributed by atoms with Crippen LogP contribution in [-0.2, 0) is 11.2 Å². The number of piperidine rings is 1. The Kier molecular flexibility index (Phi) is 8.12. The molecule has 1 aromatic carbocycles. The van der Waals surface area contributed by atoms with Gasteiger partial charge in [0.05, 0.1) is 6.54 Å². The number of nitrogens with zero attached hydrogens (tertiary/aromatic N) is 4. The molecular formula is C21H31ClFN5O. The van der Waals surface area contributed by atoms with E-state index in [-0.39, 0.29) is 11.7 Å². The molecule has 29 heavy (non-hydrogen) atoms. The molecule has 0 aromatic heterocycles. The van der Waals surface area contributed by atoms with Gasteiger partial charge in [-0.15, -0.1) is 0 Å². The molecule has 0 radical (unpaired) electrons. The van der Waals surface area contributed by atoms with Crippen molar-refractivity contribution in [2.45, 2.75) is 25.7 Å². The molecule has 0 atom stereocenters. The van der Waals surface area contributed by atoms with Crippen LogP contribution in [0.3, 0.4) is 0 Å². The van der Waals surface area contributed by atoms with Crippen molar-refractivity contribution in [2.75, 3.05) is 59.4 Å². The van der Waals surface area contributed by atoms with Gasteiger partial charge in [-0.3, -0.25) is 14.7 Å². The van der Waals surface area contributed by atoms with Gasteiger partial charge in [-0.2, -0.15) is 0 Å². The lowest BCUT2D eigenvalue weighted by molar-refractivity contribution is -0.133. The van der Waals surface area contributed by atoms with Crippen molar-refractivity contribution < 1.29 is 9.18 Å². The number of carbonyl (C=O) groups is 1. The third kappa shape index (κ3) is 6.31. The first-order chi connectivity index (χ1) is 14.1. The van der Waals surface area contributed by atoms with E-state index < -0.39 is 0 Å². The van der Waals surface area contributed by atoms with Crippen LogP contribution < -0.4 is 5.32 Å². The summed E-state index contributed by atoms with van der Waals surface area (Å²) in [4.78, 5) is 23.3. The smallest absolute Gasteiger partial charge is 0.236 e. The summed E-state index contributed by atoms with van der Waals surface area (Å²) in [6.07, 6.45) is 4.19. The summed E-state index contributed by atoms with van der Waals surface area (Å²) in [7, 11) is 1.78. The van der Waals surface area contributed by atoms with Gasteiger partial charge < -0.3 is 15.1 Å². The number of hydrogen-bond donors (Lipinski definition) is 1. The number of amides is 1. The maximum absolute atomic E-state index is 13.2. The highest BCUT2D eigenvalue weighted by atomic mass is 35.5. The Bertz CT molecular complexity index is 715. The predicted octanol–water partition coefficient (Wildman–Crippen LogP) is 2.23. The van der Waals surface area contributed by atoms with Crippen molar-refractivity contribution in [1.82, 2.24) is 20.0 Å². The molecule has 0 saturated carbocycles. The highest BCUT2D eigenvalue weighted by Crippen LogP contribution is 2.17. The van der Waals surface area contributed by atoms with Gasteiger partial charge in [0.25, 0.3) is 0 Å². The van der Waals surface area contributed by atoms with Crippen molar-refractivity contribution >= 4 is 23.5 Å². The van der Waals surface area contributed by atoms with Gasteiger partial charge in [-0.05, 0) is 43.4 Å². The minimum Gasteiger partial charge on any atom is -0.356 e. The van der Waals surface area contributed by atoms with Crippen LogP contribution in [0.15, 0.2) is 23.2 Å². The Morgan fingerprint density at radius 1 is 1.10 bits per heavy atom. The molecule has 2 saturated heterocycles. The highest BCUT2D eigenvalue weighted by Gasteiger charge is 2.24. The number of rotatable bonds is 5. The molecule has 8 heteroatoms. The van der Waals surface area contributed by atoms with Crippen molar-refractivity contribution in [1.29, 1.82) is 0 Å². The van der Waals surface area contributed by atoms with E-state index in [4.69, 9.17) is 11.6 Å². The number of nitrogens with one attached hydrogen (secondary N) is 1. The van der Waals surface area contributed by atoms with E-state index in [0.717, 1.165) is 63.6 Å². The monoisotopic (exact) mass is 423 g/mol. The average Bonchev–Trinajstić information content (AvgIpc) is 2.74. The Labute approximate surface area is 177 Å². The zero-order valence-electron chi connectivity index (χ0n) is 17.2. The van der Waals surface area contributed by atoms with Gasteiger partial charge in [0.1, 0.15) is 5.82 Å². The quantitative estimate of drug-likeness (QED) is 0.583. The Balaban J connectivity index is 1.40. The zero-order valence-corrected chi connectivity index (χ0v) is 17.9. The molecule has 160 valence electrons. The number of aliphatic imine (C=N–C) groups is 1. The number of carbonyl (C=O) groups excluding carboxylic acids is 1. The Morgan fingerprint density at radius 3 is 2.48 bits per heavy atom. The van der Waals surface area contributed by atoms with Crippen molar-refractivity contribution in [3.05, 3.63) is 34.6 Å². The predicted molar refractivity (Wildman–Crippen MR) is 115 cm³/mol. The van der Waals surface area contributed by atoms with Crippen LogP contribution in [-0.4, -0.2) is 86.0 Å². The lowest BCUT2D eigenvalue weighted by atomic mass is 10.1. The number of guanidine groups is 1. The second kappa shape index (κ2) is 10.8. The van der Waals surface area contributed by atoms with Gasteiger partial charge in [0.2, 0.25) is 5.91 Å². The third-order valence-corrected chi connectivity index (χ3v) is 6.00. The SMILES string of the molecule is CN=C(NCCc1ccc(F)cc1Cl)N1CCN(CC(=O)N2CCCCC2)CC1. The van der Waals surface area contributed by atoms with E-state index >= 15 is 0 Å². The lowest BCUT2D eigenvalue weighted by Gasteiger charge is -2.37. The molecule has 6 nitrogen and oxygen atoms in total. The van der Waals surface area contributed by atoms with Crippen LogP contribution >= 0.6 is 11.6 Å². The van der Waals surface area contributed by atoms with E-state index in [1.807, 2.05) is 4.90 Å². The zero-order chi connectivity index (χ0) is 20.6. The normalized spacial score (nSPS) is 18.8. The van der Waals surface area contributed by atoms with Crippen molar-refractivity contribution in [3.8, 4) is 0 Å². The van der Waals surface area contributed by atoms with Crippen LogP contribution in [0.2, 0.25) is 5.02 Å². The molecule has 3 rings (SSSR count). The van der Waals surface area contributed by atoms with Crippen LogP contribution in [0, 0.1) is 5.82 Å². The molecule has 1 aromatic rings. The van der Waals surface area contributed by atoms with Gasteiger partial charge in [-0.25, -0.2) is 4.39 Å². The fourth-order valence-electron chi connectivity index (χ4n) is 3.92. The fraction of sp³-hybridized carbons (Fsp3) is 0.619. The molecule has 1 N–H and O–H groups in total. The van der Waals surface area contributed by atoms with E-state index in [0.29, 0.717) is 24.5 Å². The molecular weight excluding hydrogens is 393 g/mol. The van der Waals surface area contributed by atoms with Crippen LogP contribution in [0.5, 0.6) is 0 Å². The summed E-state index contributed by atoms with van der Waals surface area (Å²) >= 11 is 6.10. The van der Waals surface area contributed by atoms with Gasteiger partial charge in [0.15, 0.2) is 5.96 Å². The standard InChI is InChI=1S/C21H31ClFN5O/c1-24-21(25-8-7-17-5-6-18(23)15-19(17)22)28-13-11-26(12-14-28)16-20(29)27-9-3-2-4-10-27/h5-6,15H,2-4,7-14,16H2,1H3,(H,24,25). The molecule has 0 bridgehead atoms. The fourth-order valence-corrected chi connectivity index (χ4v) is 4.18. The average molecular weight is 424 g/mol. The largest absolute Gasteiger partial charge is 0.356 e. The second-order valence-corrected chi connectivity index (χ2v) is 8.07. The first kappa shape index (κ1) is 21.8. The molecule has 2 heterocycles. The topological polar surface area (TPSA) is 51.2 Å². The summed E-state index contributed by atoms with van der Waals surface area (Å²) in [5.41, 5.74) is 0.914. The lowest BCUT2D eigenvalue weighted by Crippen LogP contribution is -2.54. The van der Waals surface area contributed by atoms with E-state index in [9.17, 15) is 9.18 Å². The summed E-state index contributed by atoms with van der Waals surface area (Å²) in [6.45, 7) is 6.39. The second-order valence-electron chi connectivity index (χ2n) is 7.66. The summed E-state index contributed by atoms with van der Waals surface area (Å²) in [6, 6.07) is 4.50. The van der Waals surface area contributed by atoms with Crippen LogP contribution in [0.1, 0.15) is 24.8 Å². The molecule has 0 aliphatic carbocycles. The van der Waals surface area contributed by atoms with Gasteiger partial charge >= 0.3 is 0 Å². The van der Waals surface area contributed by atoms with E-state index in [1.54, 1.807) is 13.1 Å². The first-order valence-corrected chi connectivity index (χ1v) is 10.8. The van der Waals surface area contributed by atoms with Crippen molar-refractivity contribution in [2.24, 2.45) is 4.99 Å². The molecule has 0 unspecified atom stereocenters. The maximum Gasteiger partial charge on any atom is 0.236 e. The summed E-state index contributed by atoms with van der Waals surface area (Å²) in [5, 5.41) is 3.82. The minimum absolute atomic E-state index is 0.261. The van der Waals surface area contributed by atoms with Gasteiger partial charge in [0, 0.05) is 57.9 Å². The highest BCUT2D eigenvalue weighted by molar-refractivity contribution is 6.31. The number of hydrogen-bond acceptors (Lipinski definition) is 3. The van der Waals surface area contributed by atoms with E-state index in [2.05, 4.69) is 20.1 Å². The van der Waals surface area contributed by atoms with E-state index in [1.165, 1.54) is 18.6 Å². The Morgan fingerprint density at radius 2 is 1.83 bits per heavy atom. The molecule has 2 aliphatic heterocycles. The van der Waals surface area contributed by atoms with Crippen LogP contribution in [0.25, 0.3) is 0 Å². The van der Waals surface area contributed by atoms with Crippen LogP contribution in [0.4, 0.5) is 4.39 Å². The molecule has 2 aliphatic rings. The summed E-state index contributed by atoms with van der Waals surface area (Å²) < 4.78 is 13.2. The molecule has 0 spiro atoms. The number of piperazine rings is 1. The number of likely N-dealkylation sites (tertiary alicyclic amines) is 1. The van der Waals surface area contributed by atoms with Crippen molar-refractivity contribution in [3.63, 3.8) is 0 Å². The Hall–Kier alpha value is -1.86. The number of benzene rings is 1. The maximum atomic E-state index is 13.2. The number of halogens is 2. The molecule has 1 amide bonds. The molecule has 2 fully saturated rings. The first-order valence-electron chi connectivity index (χ1n) is 10.5. The summed E-state index contributed by atoms with van der Waals surface area (Å²) in [5.74, 6) is 0.793. The van der Waals surface area contributed by atoms with Gasteiger partial charge in [-0.1, -0.05) is 17.7 Å².